The van der Waals surface area contributed by atoms with Gasteiger partial charge < -0.3 is 4.90 Å². The second-order valence-corrected chi connectivity index (χ2v) is 4.99. The van der Waals surface area contributed by atoms with Crippen LogP contribution in [0.4, 0.5) is 0 Å². The first kappa shape index (κ1) is 10.4. The number of rotatable bonds is 2. The molecule has 1 saturated heterocycles. The minimum atomic E-state index is 0.229. The number of hydrogen-bond donors (Lipinski definition) is 0. The van der Waals surface area contributed by atoms with Gasteiger partial charge in [-0.05, 0) is 18.9 Å². The van der Waals surface area contributed by atoms with Crippen LogP contribution in [0.15, 0.2) is 60.7 Å². The molecule has 1 heteroatoms. The van der Waals surface area contributed by atoms with Crippen LogP contribution < -0.4 is 0 Å². The zero-order chi connectivity index (χ0) is 11.9. The topological polar surface area (TPSA) is 3.01 Å². The van der Waals surface area contributed by atoms with Gasteiger partial charge in [0.05, 0.1) is 5.54 Å². The predicted molar refractivity (Wildman–Crippen MR) is 72.4 cm³/mol. The molecule has 1 unspecified atom stereocenters. The molecule has 0 amide bonds. The van der Waals surface area contributed by atoms with Gasteiger partial charge in [0.1, 0.15) is 0 Å². The Hall–Kier alpha value is -1.76. The van der Waals surface area contributed by atoms with Crippen molar-refractivity contribution >= 4 is 5.70 Å². The van der Waals surface area contributed by atoms with Crippen LogP contribution in [0.25, 0.3) is 5.70 Å². The first-order valence-corrected chi connectivity index (χ1v) is 6.09. The zero-order valence-electron chi connectivity index (χ0n) is 10.2. The minimum absolute atomic E-state index is 0.229. The Morgan fingerprint density at radius 2 is 2.06 bits per heavy atom. The molecule has 0 aromatic heterocycles. The lowest BCUT2D eigenvalue weighted by Gasteiger charge is -2.18. The van der Waals surface area contributed by atoms with Crippen molar-refractivity contribution in [3.63, 3.8) is 0 Å². The highest BCUT2D eigenvalue weighted by molar-refractivity contribution is 5.66. The predicted octanol–water partition coefficient (Wildman–Crippen LogP) is 3.62. The van der Waals surface area contributed by atoms with E-state index in [1.165, 1.54) is 11.1 Å². The van der Waals surface area contributed by atoms with Crippen molar-refractivity contribution in [1.82, 2.24) is 4.90 Å². The van der Waals surface area contributed by atoms with Crippen LogP contribution in [0.5, 0.6) is 0 Å². The molecular formula is C16H17N. The van der Waals surface area contributed by atoms with Crippen LogP contribution in [-0.4, -0.2) is 17.0 Å². The monoisotopic (exact) mass is 223 g/mol. The van der Waals surface area contributed by atoms with Gasteiger partial charge in [-0.2, -0.15) is 0 Å². The maximum Gasteiger partial charge on any atom is 0.0798 e. The first-order chi connectivity index (χ1) is 8.21. The molecule has 2 aliphatic rings. The van der Waals surface area contributed by atoms with Crippen molar-refractivity contribution in [2.24, 2.45) is 0 Å². The van der Waals surface area contributed by atoms with Gasteiger partial charge in [0.25, 0.3) is 0 Å². The Morgan fingerprint density at radius 1 is 1.29 bits per heavy atom. The third kappa shape index (κ3) is 1.72. The van der Waals surface area contributed by atoms with Gasteiger partial charge in [-0.25, -0.2) is 0 Å². The van der Waals surface area contributed by atoms with E-state index in [1.807, 2.05) is 6.07 Å². The second kappa shape index (κ2) is 3.63. The van der Waals surface area contributed by atoms with E-state index in [-0.39, 0.29) is 5.54 Å². The lowest BCUT2D eigenvalue weighted by Crippen LogP contribution is -2.16. The Morgan fingerprint density at radius 3 is 2.71 bits per heavy atom. The van der Waals surface area contributed by atoms with Gasteiger partial charge in [-0.1, -0.05) is 60.7 Å². The van der Waals surface area contributed by atoms with Gasteiger partial charge in [0.2, 0.25) is 0 Å². The van der Waals surface area contributed by atoms with Crippen LogP contribution in [-0.2, 0) is 0 Å². The second-order valence-electron chi connectivity index (χ2n) is 4.99. The summed E-state index contributed by atoms with van der Waals surface area (Å²) in [4.78, 5) is 2.39. The van der Waals surface area contributed by atoms with E-state index in [2.05, 4.69) is 60.9 Å². The summed E-state index contributed by atoms with van der Waals surface area (Å²) in [5.41, 5.74) is 3.96. The Bertz CT molecular complexity index is 510. The largest absolute Gasteiger partial charge is 0.358 e. The summed E-state index contributed by atoms with van der Waals surface area (Å²) in [5, 5.41) is 0. The van der Waals surface area contributed by atoms with E-state index in [9.17, 15) is 0 Å². The molecule has 17 heavy (non-hydrogen) atoms. The number of allylic oxidation sites excluding steroid dienone is 2. The lowest BCUT2D eigenvalue weighted by molar-refractivity contribution is 0.599. The molecule has 0 N–H and O–H groups in total. The highest BCUT2D eigenvalue weighted by Crippen LogP contribution is 2.45. The molecule has 3 rings (SSSR count). The lowest BCUT2D eigenvalue weighted by atomic mass is 9.97. The summed E-state index contributed by atoms with van der Waals surface area (Å²) in [5.74, 6) is 0. The number of nitrogens with zero attached hydrogens (tertiary/aromatic N) is 1. The van der Waals surface area contributed by atoms with Crippen molar-refractivity contribution in [2.75, 3.05) is 6.54 Å². The maximum absolute atomic E-state index is 4.23. The first-order valence-electron chi connectivity index (χ1n) is 6.09. The van der Waals surface area contributed by atoms with E-state index in [1.54, 1.807) is 0 Å². The molecule has 1 aliphatic carbocycles. The average molecular weight is 223 g/mol. The van der Waals surface area contributed by atoms with Crippen molar-refractivity contribution in [1.29, 1.82) is 0 Å². The fraction of sp³-hybridized carbons (Fsp3) is 0.250. The highest BCUT2D eigenvalue weighted by Gasteiger charge is 2.50. The fourth-order valence-corrected chi connectivity index (χ4v) is 2.47. The Balaban J connectivity index is 1.78. The summed E-state index contributed by atoms with van der Waals surface area (Å²) in [6.45, 7) is 7.48. The van der Waals surface area contributed by atoms with Crippen LogP contribution in [0, 0.1) is 0 Å². The summed E-state index contributed by atoms with van der Waals surface area (Å²) in [6, 6.07) is 10.4. The van der Waals surface area contributed by atoms with Crippen molar-refractivity contribution in [3.05, 3.63) is 66.3 Å². The molecule has 1 aliphatic heterocycles. The molecule has 86 valence electrons. The minimum Gasteiger partial charge on any atom is -0.358 e. The number of hydrogen-bond acceptors (Lipinski definition) is 1. The SMILES string of the molecule is C=C(c1ccccc1)N1CC12C=CC(C)=CC2. The average Bonchev–Trinajstić information content (AvgIpc) is 3.08. The van der Waals surface area contributed by atoms with Crippen molar-refractivity contribution in [3.8, 4) is 0 Å². The van der Waals surface area contributed by atoms with E-state index >= 15 is 0 Å². The third-order valence-corrected chi connectivity index (χ3v) is 3.73. The molecule has 1 atom stereocenters. The van der Waals surface area contributed by atoms with Crippen LogP contribution in [0.2, 0.25) is 0 Å². The fourth-order valence-electron chi connectivity index (χ4n) is 2.47. The van der Waals surface area contributed by atoms with Crippen LogP contribution in [0.3, 0.4) is 0 Å². The Labute approximate surface area is 103 Å². The van der Waals surface area contributed by atoms with E-state index < -0.39 is 0 Å². The van der Waals surface area contributed by atoms with Gasteiger partial charge >= 0.3 is 0 Å². The van der Waals surface area contributed by atoms with Gasteiger partial charge in [0.15, 0.2) is 0 Å². The maximum atomic E-state index is 4.23. The van der Waals surface area contributed by atoms with E-state index in [0.29, 0.717) is 0 Å². The zero-order valence-corrected chi connectivity index (χ0v) is 10.2. The molecule has 1 heterocycles. The molecule has 0 bridgehead atoms. The van der Waals surface area contributed by atoms with Gasteiger partial charge in [-0.3, -0.25) is 0 Å². The highest BCUT2D eigenvalue weighted by atomic mass is 15.4. The molecule has 0 radical (unpaired) electrons. The van der Waals surface area contributed by atoms with Crippen LogP contribution >= 0.6 is 0 Å². The summed E-state index contributed by atoms with van der Waals surface area (Å²) in [7, 11) is 0. The van der Waals surface area contributed by atoms with Crippen molar-refractivity contribution < 1.29 is 0 Å². The van der Waals surface area contributed by atoms with Gasteiger partial charge in [0, 0.05) is 12.2 Å². The molecular weight excluding hydrogens is 206 g/mol. The standard InChI is InChI=1S/C16H17N/c1-13-8-10-16(11-9-13)12-17(16)14(2)15-6-4-3-5-7-15/h3-10H,2,11-12H2,1H3. The van der Waals surface area contributed by atoms with Crippen molar-refractivity contribution in [2.45, 2.75) is 18.9 Å². The van der Waals surface area contributed by atoms with E-state index in [0.717, 1.165) is 18.7 Å². The molecule has 1 aromatic rings. The molecule has 0 saturated carbocycles. The van der Waals surface area contributed by atoms with Crippen LogP contribution in [0.1, 0.15) is 18.9 Å². The smallest absolute Gasteiger partial charge is 0.0798 e. The normalized spacial score (nSPS) is 25.9. The summed E-state index contributed by atoms with van der Waals surface area (Å²) in [6.07, 6.45) is 7.98. The van der Waals surface area contributed by atoms with E-state index in [4.69, 9.17) is 0 Å². The Kier molecular flexibility index (Phi) is 2.22. The summed E-state index contributed by atoms with van der Waals surface area (Å²) < 4.78 is 0. The quantitative estimate of drug-likeness (QED) is 0.692. The third-order valence-electron chi connectivity index (χ3n) is 3.73. The molecule has 1 nitrogen and oxygen atoms in total. The molecule has 1 spiro atoms. The summed E-state index contributed by atoms with van der Waals surface area (Å²) >= 11 is 0. The molecule has 1 aromatic carbocycles. The van der Waals surface area contributed by atoms with Gasteiger partial charge in [-0.15, -0.1) is 0 Å². The molecule has 1 fully saturated rings. The number of benzene rings is 1.